The first-order valence-corrected chi connectivity index (χ1v) is 9.10. The highest BCUT2D eigenvalue weighted by Crippen LogP contribution is 2.34. The second-order valence-corrected chi connectivity index (χ2v) is 7.57. The second kappa shape index (κ2) is 8.55. The molecule has 1 aromatic carbocycles. The maximum atomic E-state index is 13.2. The Hall–Kier alpha value is -1.36. The number of carbonyl (C=O) groups excluding carboxylic acids is 1. The first-order valence-electron chi connectivity index (χ1n) is 7.62. The van der Waals surface area contributed by atoms with E-state index in [1.165, 1.54) is 0 Å². The molecule has 1 saturated carbocycles. The highest BCUT2D eigenvalue weighted by Gasteiger charge is 2.37. The van der Waals surface area contributed by atoms with Crippen LogP contribution in [-0.2, 0) is 20.9 Å². The van der Waals surface area contributed by atoms with Crippen LogP contribution in [0.25, 0.3) is 0 Å². The lowest BCUT2D eigenvalue weighted by molar-refractivity contribution is -0.138. The van der Waals surface area contributed by atoms with Gasteiger partial charge in [-0.15, -0.1) is 12.4 Å². The standard InChI is InChI=1S/C15H19F3N2O4S.ClH/c1-24-14(21)11-6-5-10(7-12(11)15(16,17)18)25(22,23)20-13-4-2-3-9(13)8-19;/h5-7,9,13,20H,2-4,8,19H2,1H3;1H. The van der Waals surface area contributed by atoms with Crippen molar-refractivity contribution in [2.75, 3.05) is 13.7 Å². The van der Waals surface area contributed by atoms with Crippen molar-refractivity contribution in [3.05, 3.63) is 29.3 Å². The lowest BCUT2D eigenvalue weighted by Crippen LogP contribution is -2.39. The summed E-state index contributed by atoms with van der Waals surface area (Å²) in [5.74, 6) is -1.24. The first kappa shape index (κ1) is 22.7. The molecule has 0 spiro atoms. The van der Waals surface area contributed by atoms with Crippen LogP contribution in [0.2, 0.25) is 0 Å². The van der Waals surface area contributed by atoms with E-state index >= 15 is 0 Å². The fourth-order valence-corrected chi connectivity index (χ4v) is 4.32. The number of hydrogen-bond acceptors (Lipinski definition) is 5. The summed E-state index contributed by atoms with van der Waals surface area (Å²) in [7, 11) is -3.23. The molecule has 11 heteroatoms. The van der Waals surface area contributed by atoms with E-state index in [1.807, 2.05) is 0 Å². The minimum atomic E-state index is -4.90. The van der Waals surface area contributed by atoms with Gasteiger partial charge < -0.3 is 10.5 Å². The number of nitrogens with two attached hydrogens (primary N) is 1. The molecule has 1 aromatic rings. The molecule has 0 saturated heterocycles. The van der Waals surface area contributed by atoms with E-state index in [4.69, 9.17) is 5.73 Å². The van der Waals surface area contributed by atoms with Gasteiger partial charge in [-0.3, -0.25) is 0 Å². The van der Waals surface area contributed by atoms with Gasteiger partial charge in [0.05, 0.1) is 23.1 Å². The van der Waals surface area contributed by atoms with Gasteiger partial charge in [0, 0.05) is 6.04 Å². The highest BCUT2D eigenvalue weighted by atomic mass is 35.5. The number of esters is 1. The Balaban J connectivity index is 0.00000338. The topological polar surface area (TPSA) is 98.5 Å². The quantitative estimate of drug-likeness (QED) is 0.718. The molecule has 2 rings (SSSR count). The summed E-state index contributed by atoms with van der Waals surface area (Å²) in [5.41, 5.74) is 3.50. The Morgan fingerprint density at radius 1 is 1.35 bits per heavy atom. The van der Waals surface area contributed by atoms with Gasteiger partial charge >= 0.3 is 12.1 Å². The van der Waals surface area contributed by atoms with Gasteiger partial charge in [0.15, 0.2) is 0 Å². The number of hydrogen-bond donors (Lipinski definition) is 2. The predicted molar refractivity (Wildman–Crippen MR) is 90.5 cm³/mol. The van der Waals surface area contributed by atoms with Crippen molar-refractivity contribution in [2.24, 2.45) is 11.7 Å². The van der Waals surface area contributed by atoms with Crippen LogP contribution in [0.5, 0.6) is 0 Å². The van der Waals surface area contributed by atoms with Crippen LogP contribution in [-0.4, -0.2) is 34.1 Å². The fraction of sp³-hybridized carbons (Fsp3) is 0.533. The third-order valence-corrected chi connectivity index (χ3v) is 5.77. The van der Waals surface area contributed by atoms with Gasteiger partial charge in [-0.2, -0.15) is 13.2 Å². The molecule has 0 heterocycles. The summed E-state index contributed by atoms with van der Waals surface area (Å²) < 4.78 is 71.2. The molecule has 1 fully saturated rings. The van der Waals surface area contributed by atoms with E-state index < -0.39 is 44.2 Å². The van der Waals surface area contributed by atoms with Gasteiger partial charge in [0.2, 0.25) is 10.0 Å². The number of halogens is 4. The number of nitrogens with one attached hydrogen (secondary N) is 1. The molecule has 0 aromatic heterocycles. The van der Waals surface area contributed by atoms with Crippen LogP contribution in [0.15, 0.2) is 23.1 Å². The predicted octanol–water partition coefficient (Wildman–Crippen LogP) is 2.32. The zero-order valence-electron chi connectivity index (χ0n) is 13.9. The van der Waals surface area contributed by atoms with Crippen LogP contribution < -0.4 is 10.5 Å². The molecule has 148 valence electrons. The van der Waals surface area contributed by atoms with Gasteiger partial charge in [0.25, 0.3) is 0 Å². The van der Waals surface area contributed by atoms with Crippen molar-refractivity contribution in [1.29, 1.82) is 0 Å². The van der Waals surface area contributed by atoms with Gasteiger partial charge in [-0.1, -0.05) is 6.42 Å². The molecule has 2 unspecified atom stereocenters. The molecule has 1 aliphatic rings. The maximum Gasteiger partial charge on any atom is 0.417 e. The highest BCUT2D eigenvalue weighted by molar-refractivity contribution is 7.89. The lowest BCUT2D eigenvalue weighted by Gasteiger charge is -2.20. The molecular formula is C15H20ClF3N2O4S. The van der Waals surface area contributed by atoms with Crippen molar-refractivity contribution in [3.63, 3.8) is 0 Å². The maximum absolute atomic E-state index is 13.2. The number of methoxy groups -OCH3 is 1. The molecule has 0 radical (unpaired) electrons. The van der Waals surface area contributed by atoms with E-state index in [0.29, 0.717) is 19.0 Å². The van der Waals surface area contributed by atoms with Crippen LogP contribution >= 0.6 is 12.4 Å². The largest absolute Gasteiger partial charge is 0.465 e. The molecule has 6 nitrogen and oxygen atoms in total. The lowest BCUT2D eigenvalue weighted by atomic mass is 10.1. The zero-order valence-corrected chi connectivity index (χ0v) is 15.5. The number of rotatable bonds is 5. The number of benzene rings is 1. The van der Waals surface area contributed by atoms with Crippen molar-refractivity contribution >= 4 is 28.4 Å². The smallest absolute Gasteiger partial charge is 0.417 e. The SMILES string of the molecule is COC(=O)c1ccc(S(=O)(=O)NC2CCCC2CN)cc1C(F)(F)F.Cl. The molecule has 0 bridgehead atoms. The first-order chi connectivity index (χ1) is 11.6. The van der Waals surface area contributed by atoms with E-state index in [1.54, 1.807) is 0 Å². The van der Waals surface area contributed by atoms with E-state index in [0.717, 1.165) is 32.1 Å². The van der Waals surface area contributed by atoms with Crippen molar-refractivity contribution in [2.45, 2.75) is 36.4 Å². The average molecular weight is 417 g/mol. The van der Waals surface area contributed by atoms with Crippen molar-refractivity contribution < 1.29 is 31.1 Å². The fourth-order valence-electron chi connectivity index (χ4n) is 2.95. The Bertz CT molecular complexity index is 756. The molecule has 3 N–H and O–H groups in total. The summed E-state index contributed by atoms with van der Waals surface area (Å²) in [6.45, 7) is 0.294. The number of ether oxygens (including phenoxy) is 1. The van der Waals surface area contributed by atoms with Crippen LogP contribution in [0, 0.1) is 5.92 Å². The van der Waals surface area contributed by atoms with Crippen LogP contribution in [0.1, 0.15) is 35.2 Å². The summed E-state index contributed by atoms with van der Waals surface area (Å²) in [5, 5.41) is 0. The third kappa shape index (κ3) is 4.87. The van der Waals surface area contributed by atoms with E-state index in [2.05, 4.69) is 9.46 Å². The molecule has 26 heavy (non-hydrogen) atoms. The minimum Gasteiger partial charge on any atom is -0.465 e. The second-order valence-electron chi connectivity index (χ2n) is 5.85. The number of carbonyl (C=O) groups is 1. The Morgan fingerprint density at radius 3 is 2.54 bits per heavy atom. The Kier molecular flexibility index (Phi) is 7.46. The Morgan fingerprint density at radius 2 is 2.00 bits per heavy atom. The number of sulfonamides is 1. The van der Waals surface area contributed by atoms with Gasteiger partial charge in [0.1, 0.15) is 0 Å². The van der Waals surface area contributed by atoms with Gasteiger partial charge in [-0.05, 0) is 43.5 Å². The summed E-state index contributed by atoms with van der Waals surface area (Å²) in [6, 6.07) is 1.79. The zero-order chi connectivity index (χ0) is 18.8. The van der Waals surface area contributed by atoms with Gasteiger partial charge in [-0.25, -0.2) is 17.9 Å². The van der Waals surface area contributed by atoms with Crippen molar-refractivity contribution in [1.82, 2.24) is 4.72 Å². The summed E-state index contributed by atoms with van der Waals surface area (Å²) in [4.78, 5) is 10.9. The molecule has 1 aliphatic carbocycles. The normalized spacial score (nSPS) is 20.5. The van der Waals surface area contributed by atoms with Crippen LogP contribution in [0.3, 0.4) is 0 Å². The third-order valence-electron chi connectivity index (χ3n) is 4.28. The van der Waals surface area contributed by atoms with Crippen molar-refractivity contribution in [3.8, 4) is 0 Å². The monoisotopic (exact) mass is 416 g/mol. The van der Waals surface area contributed by atoms with E-state index in [-0.39, 0.29) is 18.3 Å². The van der Waals surface area contributed by atoms with E-state index in [9.17, 15) is 26.4 Å². The molecular weight excluding hydrogens is 397 g/mol. The summed E-state index contributed by atoms with van der Waals surface area (Å²) in [6.07, 6.45) is -2.77. The molecule has 0 aliphatic heterocycles. The minimum absolute atomic E-state index is 0. The summed E-state index contributed by atoms with van der Waals surface area (Å²) >= 11 is 0. The molecule has 2 atom stereocenters. The van der Waals surface area contributed by atoms with Crippen LogP contribution in [0.4, 0.5) is 13.2 Å². The number of alkyl halides is 3. The average Bonchev–Trinajstić information content (AvgIpc) is 2.99. The Labute approximate surface area is 155 Å². The molecule has 0 amide bonds.